The van der Waals surface area contributed by atoms with Gasteiger partial charge < -0.3 is 4.74 Å². The minimum atomic E-state index is -3.94. The molecule has 0 aliphatic carbocycles. The van der Waals surface area contributed by atoms with Crippen molar-refractivity contribution < 1.29 is 17.9 Å². The molecule has 1 aliphatic rings. The molecular weight excluding hydrogens is 406 g/mol. The van der Waals surface area contributed by atoms with Gasteiger partial charge in [-0.25, -0.2) is 8.42 Å². The number of sulfonamides is 1. The Balaban J connectivity index is 1.96. The largest absolute Gasteiger partial charge is 0.468 e. The summed E-state index contributed by atoms with van der Waals surface area (Å²) in [6.07, 6.45) is 3.15. The van der Waals surface area contributed by atoms with Gasteiger partial charge in [-0.3, -0.25) is 14.8 Å². The first-order chi connectivity index (χ1) is 13.6. The van der Waals surface area contributed by atoms with Crippen molar-refractivity contribution in [3.05, 3.63) is 53.6 Å². The molecule has 152 valence electrons. The molecule has 9 heteroatoms. The Bertz CT molecular complexity index is 1080. The highest BCUT2D eigenvalue weighted by molar-refractivity contribution is 7.89. The second-order valence-corrected chi connectivity index (χ2v) is 14.4. The molecule has 0 spiro atoms. The number of esters is 1. The van der Waals surface area contributed by atoms with E-state index in [2.05, 4.69) is 41.1 Å². The van der Waals surface area contributed by atoms with Crippen LogP contribution < -0.4 is 0 Å². The van der Waals surface area contributed by atoms with E-state index in [1.807, 2.05) is 0 Å². The predicted octanol–water partition coefficient (Wildman–Crippen LogP) is 1.99. The van der Waals surface area contributed by atoms with Crippen LogP contribution in [0.4, 0.5) is 0 Å². The number of ether oxygens (including phenoxy) is 1. The van der Waals surface area contributed by atoms with E-state index in [1.165, 1.54) is 31.6 Å². The van der Waals surface area contributed by atoms with Gasteiger partial charge in [-0.2, -0.15) is 4.31 Å². The molecule has 0 N–H and O–H groups in total. The Kier molecular flexibility index (Phi) is 5.89. The highest BCUT2D eigenvalue weighted by Gasteiger charge is 2.41. The summed E-state index contributed by atoms with van der Waals surface area (Å²) < 4.78 is 32.6. The van der Waals surface area contributed by atoms with Gasteiger partial charge in [-0.05, 0) is 24.3 Å². The fourth-order valence-electron chi connectivity index (χ4n) is 2.94. The molecule has 3 rings (SSSR count). The van der Waals surface area contributed by atoms with Crippen LogP contribution in [0.3, 0.4) is 0 Å². The van der Waals surface area contributed by atoms with Crippen LogP contribution in [0.5, 0.6) is 0 Å². The van der Waals surface area contributed by atoms with Crippen molar-refractivity contribution >= 4 is 24.1 Å². The third kappa shape index (κ3) is 4.72. The zero-order valence-electron chi connectivity index (χ0n) is 16.8. The van der Waals surface area contributed by atoms with Crippen LogP contribution in [-0.4, -0.2) is 49.9 Å². The quantitative estimate of drug-likeness (QED) is 0.421. The number of nitrogens with zero attached hydrogens (tertiary/aromatic N) is 3. The van der Waals surface area contributed by atoms with E-state index in [1.54, 1.807) is 12.1 Å². The standard InChI is InChI=1S/C20H23N3O4SSi/c1-27-20(24)19-13-17-18(22-11-10-21-17)14-23(19)28(25,26)16-7-5-15(6-8-16)9-12-29(2,3)4/h5-8,10-11,19H,13-14H2,1-4H3. The summed E-state index contributed by atoms with van der Waals surface area (Å²) in [6, 6.07) is 5.42. The normalized spacial score (nSPS) is 17.0. The highest BCUT2D eigenvalue weighted by Crippen LogP contribution is 2.28. The van der Waals surface area contributed by atoms with Crippen LogP contribution in [0.2, 0.25) is 19.6 Å². The van der Waals surface area contributed by atoms with Gasteiger partial charge in [0.1, 0.15) is 14.1 Å². The van der Waals surface area contributed by atoms with Crippen molar-refractivity contribution in [2.24, 2.45) is 0 Å². The van der Waals surface area contributed by atoms with Crippen molar-refractivity contribution in [1.29, 1.82) is 0 Å². The third-order valence-corrected chi connectivity index (χ3v) is 7.16. The Morgan fingerprint density at radius 3 is 2.34 bits per heavy atom. The lowest BCUT2D eigenvalue weighted by Gasteiger charge is -2.32. The minimum absolute atomic E-state index is 0.0392. The van der Waals surface area contributed by atoms with Crippen LogP contribution in [0, 0.1) is 11.5 Å². The first-order valence-electron chi connectivity index (χ1n) is 9.13. The molecule has 1 unspecified atom stereocenters. The lowest BCUT2D eigenvalue weighted by molar-refractivity contribution is -0.145. The monoisotopic (exact) mass is 429 g/mol. The summed E-state index contributed by atoms with van der Waals surface area (Å²) in [5.74, 6) is 2.48. The minimum Gasteiger partial charge on any atom is -0.468 e. The Morgan fingerprint density at radius 1 is 1.14 bits per heavy atom. The van der Waals surface area contributed by atoms with E-state index < -0.39 is 30.1 Å². The molecule has 0 amide bonds. The van der Waals surface area contributed by atoms with Crippen LogP contribution >= 0.6 is 0 Å². The van der Waals surface area contributed by atoms with E-state index >= 15 is 0 Å². The molecule has 7 nitrogen and oxygen atoms in total. The van der Waals surface area contributed by atoms with Crippen molar-refractivity contribution in [2.75, 3.05) is 7.11 Å². The van der Waals surface area contributed by atoms with Crippen molar-refractivity contribution in [1.82, 2.24) is 14.3 Å². The highest BCUT2D eigenvalue weighted by atomic mass is 32.2. The van der Waals surface area contributed by atoms with Gasteiger partial charge >= 0.3 is 5.97 Å². The smallest absolute Gasteiger partial charge is 0.324 e. The molecule has 0 saturated carbocycles. The molecule has 0 saturated heterocycles. The summed E-state index contributed by atoms with van der Waals surface area (Å²) in [4.78, 5) is 20.8. The molecule has 1 aliphatic heterocycles. The maximum Gasteiger partial charge on any atom is 0.324 e. The van der Waals surface area contributed by atoms with E-state index in [-0.39, 0.29) is 17.9 Å². The molecular formula is C20H23N3O4SSi. The number of rotatable bonds is 3. The molecule has 0 bridgehead atoms. The molecule has 0 fully saturated rings. The zero-order chi connectivity index (χ0) is 21.2. The van der Waals surface area contributed by atoms with Crippen molar-refractivity contribution in [3.8, 4) is 11.5 Å². The van der Waals surface area contributed by atoms with E-state index in [0.717, 1.165) is 9.87 Å². The number of carbonyl (C=O) groups is 1. The number of fused-ring (bicyclic) bond motifs is 1. The van der Waals surface area contributed by atoms with Crippen molar-refractivity contribution in [2.45, 2.75) is 43.5 Å². The maximum atomic E-state index is 13.3. The van der Waals surface area contributed by atoms with Gasteiger partial charge in [0.05, 0.1) is 29.9 Å². The molecule has 2 heterocycles. The Morgan fingerprint density at radius 2 is 1.76 bits per heavy atom. The average Bonchev–Trinajstić information content (AvgIpc) is 2.70. The van der Waals surface area contributed by atoms with Gasteiger partial charge in [0.25, 0.3) is 0 Å². The maximum absolute atomic E-state index is 13.3. The lowest BCUT2D eigenvalue weighted by Crippen LogP contribution is -2.49. The van der Waals surface area contributed by atoms with E-state index in [9.17, 15) is 13.2 Å². The zero-order valence-corrected chi connectivity index (χ0v) is 18.7. The van der Waals surface area contributed by atoms with Gasteiger partial charge in [-0.15, -0.1) is 5.54 Å². The SMILES string of the molecule is COC(=O)C1Cc2nccnc2CN1S(=O)(=O)c1ccc(C#C[Si](C)(C)C)cc1. The first kappa shape index (κ1) is 21.2. The van der Waals surface area contributed by atoms with Crippen LogP contribution in [0.1, 0.15) is 17.0 Å². The fourth-order valence-corrected chi connectivity index (χ4v) is 4.99. The molecule has 1 atom stereocenters. The summed E-state index contributed by atoms with van der Waals surface area (Å²) >= 11 is 0. The van der Waals surface area contributed by atoms with Crippen molar-refractivity contribution in [3.63, 3.8) is 0 Å². The molecule has 2 aromatic rings. The van der Waals surface area contributed by atoms with Crippen LogP contribution in [0.25, 0.3) is 0 Å². The summed E-state index contributed by atoms with van der Waals surface area (Å²) in [5, 5.41) is 0. The number of methoxy groups -OCH3 is 1. The first-order valence-corrected chi connectivity index (χ1v) is 14.1. The second kappa shape index (κ2) is 8.06. The van der Waals surface area contributed by atoms with E-state index in [0.29, 0.717) is 11.4 Å². The van der Waals surface area contributed by atoms with Crippen LogP contribution in [0.15, 0.2) is 41.6 Å². The average molecular weight is 430 g/mol. The van der Waals surface area contributed by atoms with E-state index in [4.69, 9.17) is 4.74 Å². The summed E-state index contributed by atoms with van der Waals surface area (Å²) in [5.41, 5.74) is 5.15. The molecule has 29 heavy (non-hydrogen) atoms. The molecule has 0 radical (unpaired) electrons. The Hall–Kier alpha value is -2.54. The molecule has 1 aromatic carbocycles. The number of aromatic nitrogens is 2. The third-order valence-electron chi connectivity index (χ3n) is 4.42. The van der Waals surface area contributed by atoms with Crippen LogP contribution in [-0.2, 0) is 32.5 Å². The summed E-state index contributed by atoms with van der Waals surface area (Å²) in [7, 11) is -4.23. The number of carbonyl (C=O) groups excluding carboxylic acids is 1. The van der Waals surface area contributed by atoms with Gasteiger partial charge in [0, 0.05) is 24.4 Å². The lowest BCUT2D eigenvalue weighted by atomic mass is 10.1. The summed E-state index contributed by atoms with van der Waals surface area (Å²) in [6.45, 7) is 6.39. The topological polar surface area (TPSA) is 89.5 Å². The van der Waals surface area contributed by atoms with Gasteiger partial charge in [-0.1, -0.05) is 25.6 Å². The Labute approximate surface area is 172 Å². The second-order valence-electron chi connectivity index (χ2n) is 7.77. The number of hydrogen-bond donors (Lipinski definition) is 0. The predicted molar refractivity (Wildman–Crippen MR) is 111 cm³/mol. The fraction of sp³-hybridized carbons (Fsp3) is 0.350. The number of benzene rings is 1. The van der Waals surface area contributed by atoms with Gasteiger partial charge in [0.2, 0.25) is 10.0 Å². The van der Waals surface area contributed by atoms with Gasteiger partial charge in [0.15, 0.2) is 0 Å². The molecule has 1 aromatic heterocycles. The number of hydrogen-bond acceptors (Lipinski definition) is 6.